The number of aromatic nitrogens is 2. The molecule has 1 unspecified atom stereocenters. The lowest BCUT2D eigenvalue weighted by atomic mass is 9.72. The van der Waals surface area contributed by atoms with E-state index in [-0.39, 0.29) is 18.2 Å². The molecule has 134 valence electrons. The van der Waals surface area contributed by atoms with Crippen LogP contribution in [-0.4, -0.2) is 21.6 Å². The Balaban J connectivity index is 1.77. The average molecular weight is 383 g/mol. The van der Waals surface area contributed by atoms with Crippen molar-refractivity contribution in [3.8, 4) is 5.69 Å². The number of carbonyl (C=O) groups is 2. The molecule has 5 rings (SSSR count). The van der Waals surface area contributed by atoms with Crippen LogP contribution in [0.2, 0.25) is 5.02 Å². The molecule has 0 saturated carbocycles. The highest BCUT2D eigenvalue weighted by Crippen LogP contribution is 2.50. The first-order valence-electron chi connectivity index (χ1n) is 8.25. The van der Waals surface area contributed by atoms with E-state index in [4.69, 9.17) is 11.6 Å². The van der Waals surface area contributed by atoms with E-state index in [1.807, 2.05) is 0 Å². The van der Waals surface area contributed by atoms with E-state index >= 15 is 0 Å². The number of nitrogens with one attached hydrogen (secondary N) is 2. The lowest BCUT2D eigenvalue weighted by Gasteiger charge is -2.31. The van der Waals surface area contributed by atoms with Crippen molar-refractivity contribution in [1.29, 1.82) is 0 Å². The minimum absolute atomic E-state index is 0.0615. The van der Waals surface area contributed by atoms with Crippen molar-refractivity contribution in [2.75, 3.05) is 10.6 Å². The number of rotatable bonds is 1. The maximum absolute atomic E-state index is 13.7. The van der Waals surface area contributed by atoms with Crippen molar-refractivity contribution in [1.82, 2.24) is 9.78 Å². The van der Waals surface area contributed by atoms with Gasteiger partial charge in [-0.3, -0.25) is 9.59 Å². The fraction of sp³-hybridized carbons (Fsp3) is 0.105. The van der Waals surface area contributed by atoms with Crippen LogP contribution in [0.1, 0.15) is 17.5 Å². The Morgan fingerprint density at radius 3 is 2.78 bits per heavy atom. The van der Waals surface area contributed by atoms with Crippen molar-refractivity contribution >= 4 is 34.9 Å². The minimum atomic E-state index is -1.22. The molecule has 8 heteroatoms. The Morgan fingerprint density at radius 2 is 1.96 bits per heavy atom. The molecule has 3 aromatic rings. The van der Waals surface area contributed by atoms with Crippen LogP contribution in [0.25, 0.3) is 5.69 Å². The second kappa shape index (κ2) is 5.40. The molecule has 2 aliphatic rings. The van der Waals surface area contributed by atoms with Gasteiger partial charge in [0.25, 0.3) is 0 Å². The summed E-state index contributed by atoms with van der Waals surface area (Å²) in [7, 11) is 0. The molecule has 0 saturated heterocycles. The predicted molar refractivity (Wildman–Crippen MR) is 97.6 cm³/mol. The van der Waals surface area contributed by atoms with Crippen LogP contribution in [0.5, 0.6) is 0 Å². The van der Waals surface area contributed by atoms with Crippen molar-refractivity contribution < 1.29 is 14.0 Å². The Hall–Kier alpha value is -3.19. The van der Waals surface area contributed by atoms with Gasteiger partial charge in [0.15, 0.2) is 0 Å². The SMILES string of the molecule is O=C1CC2(C(=O)Nc3ccc(Cl)cc32)c2cnn(-c3cccc(F)c3)c2N1. The second-order valence-electron chi connectivity index (χ2n) is 6.57. The molecular weight excluding hydrogens is 371 g/mol. The first kappa shape index (κ1) is 16.0. The fourth-order valence-electron chi connectivity index (χ4n) is 3.87. The van der Waals surface area contributed by atoms with Gasteiger partial charge in [0.1, 0.15) is 17.1 Å². The third kappa shape index (κ3) is 2.15. The van der Waals surface area contributed by atoms with E-state index < -0.39 is 11.2 Å². The zero-order valence-electron chi connectivity index (χ0n) is 13.8. The van der Waals surface area contributed by atoms with Crippen LogP contribution in [0, 0.1) is 5.82 Å². The van der Waals surface area contributed by atoms with Crippen LogP contribution in [-0.2, 0) is 15.0 Å². The molecular formula is C19H12ClFN4O2. The van der Waals surface area contributed by atoms with Gasteiger partial charge in [0.2, 0.25) is 11.8 Å². The highest BCUT2D eigenvalue weighted by molar-refractivity contribution is 6.31. The van der Waals surface area contributed by atoms with E-state index in [9.17, 15) is 14.0 Å². The van der Waals surface area contributed by atoms with E-state index in [0.29, 0.717) is 33.3 Å². The number of halogens is 2. The van der Waals surface area contributed by atoms with E-state index in [0.717, 1.165) is 0 Å². The molecule has 27 heavy (non-hydrogen) atoms. The summed E-state index contributed by atoms with van der Waals surface area (Å²) in [6.45, 7) is 0. The summed E-state index contributed by atoms with van der Waals surface area (Å²) in [5, 5.41) is 10.4. The molecule has 0 aliphatic carbocycles. The molecule has 1 spiro atoms. The third-order valence-corrected chi connectivity index (χ3v) is 5.28. The number of anilines is 2. The number of carbonyl (C=O) groups excluding carboxylic acids is 2. The molecule has 0 bridgehead atoms. The summed E-state index contributed by atoms with van der Waals surface area (Å²) < 4.78 is 15.1. The maximum atomic E-state index is 13.7. The van der Waals surface area contributed by atoms with Gasteiger partial charge in [-0.05, 0) is 42.0 Å². The number of benzene rings is 2. The van der Waals surface area contributed by atoms with Gasteiger partial charge in [-0.1, -0.05) is 17.7 Å². The Kier molecular flexibility index (Phi) is 3.21. The lowest BCUT2D eigenvalue weighted by Crippen LogP contribution is -2.43. The first-order valence-corrected chi connectivity index (χ1v) is 8.62. The van der Waals surface area contributed by atoms with E-state index in [2.05, 4.69) is 15.7 Å². The highest BCUT2D eigenvalue weighted by Gasteiger charge is 2.54. The molecule has 2 N–H and O–H groups in total. The van der Waals surface area contributed by atoms with Gasteiger partial charge in [0, 0.05) is 22.7 Å². The average Bonchev–Trinajstić information content (AvgIpc) is 3.16. The highest BCUT2D eigenvalue weighted by atomic mass is 35.5. The van der Waals surface area contributed by atoms with Gasteiger partial charge < -0.3 is 10.6 Å². The lowest BCUT2D eigenvalue weighted by molar-refractivity contribution is -0.125. The molecule has 0 fully saturated rings. The van der Waals surface area contributed by atoms with Crippen LogP contribution in [0.3, 0.4) is 0 Å². The molecule has 1 atom stereocenters. The van der Waals surface area contributed by atoms with Crippen LogP contribution >= 0.6 is 11.6 Å². The van der Waals surface area contributed by atoms with Crippen molar-refractivity contribution in [2.24, 2.45) is 0 Å². The van der Waals surface area contributed by atoms with Crippen molar-refractivity contribution in [3.05, 3.63) is 70.6 Å². The van der Waals surface area contributed by atoms with Crippen molar-refractivity contribution in [2.45, 2.75) is 11.8 Å². The number of hydrogen-bond acceptors (Lipinski definition) is 3. The van der Waals surface area contributed by atoms with Crippen LogP contribution < -0.4 is 10.6 Å². The quantitative estimate of drug-likeness (QED) is 0.678. The van der Waals surface area contributed by atoms with Gasteiger partial charge in [-0.15, -0.1) is 0 Å². The monoisotopic (exact) mass is 382 g/mol. The number of hydrogen-bond donors (Lipinski definition) is 2. The summed E-state index contributed by atoms with van der Waals surface area (Å²) in [6, 6.07) is 10.9. The molecule has 1 aromatic heterocycles. The van der Waals surface area contributed by atoms with Gasteiger partial charge >= 0.3 is 0 Å². The first-order chi connectivity index (χ1) is 13.0. The van der Waals surface area contributed by atoms with E-state index in [1.54, 1.807) is 30.3 Å². The Bertz CT molecular complexity index is 1140. The summed E-state index contributed by atoms with van der Waals surface area (Å²) in [4.78, 5) is 25.5. The maximum Gasteiger partial charge on any atom is 0.240 e. The number of nitrogens with zero attached hydrogens (tertiary/aromatic N) is 2. The fourth-order valence-corrected chi connectivity index (χ4v) is 4.04. The number of fused-ring (bicyclic) bond motifs is 4. The topological polar surface area (TPSA) is 76.0 Å². The molecule has 2 amide bonds. The van der Waals surface area contributed by atoms with Crippen LogP contribution in [0.4, 0.5) is 15.9 Å². The number of amides is 2. The smallest absolute Gasteiger partial charge is 0.240 e. The van der Waals surface area contributed by atoms with Gasteiger partial charge in [0.05, 0.1) is 11.9 Å². The molecule has 3 heterocycles. The second-order valence-corrected chi connectivity index (χ2v) is 7.01. The van der Waals surface area contributed by atoms with E-state index in [1.165, 1.54) is 23.0 Å². The standard InChI is InChI=1S/C19H12ClFN4O2/c20-10-4-5-15-13(6-10)19(18(27)23-15)8-16(26)24-17-14(19)9-22-25(17)12-3-1-2-11(21)7-12/h1-7,9H,8H2,(H,23,27)(H,24,26). The summed E-state index contributed by atoms with van der Waals surface area (Å²) in [5.41, 5.74) is 1.02. The Morgan fingerprint density at radius 1 is 1.11 bits per heavy atom. The van der Waals surface area contributed by atoms with Crippen LogP contribution in [0.15, 0.2) is 48.7 Å². The Labute approximate surface area is 157 Å². The molecule has 2 aliphatic heterocycles. The predicted octanol–water partition coefficient (Wildman–Crippen LogP) is 3.25. The minimum Gasteiger partial charge on any atom is -0.325 e. The molecule has 2 aromatic carbocycles. The summed E-state index contributed by atoms with van der Waals surface area (Å²) in [6.07, 6.45) is 1.48. The molecule has 0 radical (unpaired) electrons. The normalized spacial score (nSPS) is 20.2. The van der Waals surface area contributed by atoms with Gasteiger partial charge in [-0.2, -0.15) is 5.10 Å². The van der Waals surface area contributed by atoms with Crippen molar-refractivity contribution in [3.63, 3.8) is 0 Å². The zero-order chi connectivity index (χ0) is 18.8. The van der Waals surface area contributed by atoms with Gasteiger partial charge in [-0.25, -0.2) is 9.07 Å². The third-order valence-electron chi connectivity index (χ3n) is 5.04. The molecule has 6 nitrogen and oxygen atoms in total. The summed E-state index contributed by atoms with van der Waals surface area (Å²) >= 11 is 6.15. The largest absolute Gasteiger partial charge is 0.325 e. The zero-order valence-corrected chi connectivity index (χ0v) is 14.5. The summed E-state index contributed by atoms with van der Waals surface area (Å²) in [5.74, 6) is -0.720.